The second-order valence-corrected chi connectivity index (χ2v) is 5.00. The number of hydrogen-bond donors (Lipinski definition) is 1. The monoisotopic (exact) mass is 281 g/mol. The number of methoxy groups -OCH3 is 1. The number of benzene rings is 1. The van der Waals surface area contributed by atoms with Crippen LogP contribution in [0.5, 0.6) is 5.75 Å². The third-order valence-electron chi connectivity index (χ3n) is 3.81. The lowest BCUT2D eigenvalue weighted by molar-refractivity contribution is 0.0938. The first-order valence-electron chi connectivity index (χ1n) is 6.88. The van der Waals surface area contributed by atoms with E-state index < -0.39 is 5.82 Å². The number of ether oxygens (including phenoxy) is 1. The molecule has 110 valence electrons. The standard InChI is InChI=1S/C15H20FNO3/c1-20-14-6-2-5-12(16)15(14)13(19)7-9-17-8-3-4-11(17)10-18/h2,5-6,11,18H,3-4,7-10H2,1H3. The molecular weight excluding hydrogens is 261 g/mol. The average molecular weight is 281 g/mol. The molecular formula is C15H20FNO3. The second-order valence-electron chi connectivity index (χ2n) is 5.00. The Morgan fingerprint density at radius 2 is 2.35 bits per heavy atom. The molecule has 5 heteroatoms. The van der Waals surface area contributed by atoms with Crippen LogP contribution in [0.3, 0.4) is 0 Å². The van der Waals surface area contributed by atoms with Gasteiger partial charge in [0.15, 0.2) is 5.78 Å². The lowest BCUT2D eigenvalue weighted by atomic mass is 10.1. The van der Waals surface area contributed by atoms with E-state index in [1.54, 1.807) is 6.07 Å². The fourth-order valence-corrected chi connectivity index (χ4v) is 2.71. The summed E-state index contributed by atoms with van der Waals surface area (Å²) in [7, 11) is 1.42. The molecule has 20 heavy (non-hydrogen) atoms. The van der Waals surface area contributed by atoms with Crippen LogP contribution >= 0.6 is 0 Å². The quantitative estimate of drug-likeness (QED) is 0.809. The van der Waals surface area contributed by atoms with Gasteiger partial charge in [-0.1, -0.05) is 6.07 Å². The maximum atomic E-state index is 13.8. The normalized spacial score (nSPS) is 19.2. The zero-order valence-corrected chi connectivity index (χ0v) is 11.6. The van der Waals surface area contributed by atoms with Crippen LogP contribution < -0.4 is 4.74 Å². The number of likely N-dealkylation sites (tertiary alicyclic amines) is 1. The van der Waals surface area contributed by atoms with Crippen LogP contribution in [0.4, 0.5) is 4.39 Å². The molecule has 0 radical (unpaired) electrons. The third-order valence-corrected chi connectivity index (χ3v) is 3.81. The summed E-state index contributed by atoms with van der Waals surface area (Å²) in [6.45, 7) is 1.53. The summed E-state index contributed by atoms with van der Waals surface area (Å²) in [5, 5.41) is 9.24. The fourth-order valence-electron chi connectivity index (χ4n) is 2.71. The fraction of sp³-hybridized carbons (Fsp3) is 0.533. The summed E-state index contributed by atoms with van der Waals surface area (Å²) in [6.07, 6.45) is 2.21. The molecule has 0 saturated carbocycles. The number of hydrogen-bond acceptors (Lipinski definition) is 4. The highest BCUT2D eigenvalue weighted by Gasteiger charge is 2.25. The van der Waals surface area contributed by atoms with Crippen molar-refractivity contribution >= 4 is 5.78 Å². The van der Waals surface area contributed by atoms with Crippen molar-refractivity contribution in [2.24, 2.45) is 0 Å². The van der Waals surface area contributed by atoms with Crippen molar-refractivity contribution in [1.29, 1.82) is 0 Å². The predicted molar refractivity (Wildman–Crippen MR) is 73.6 cm³/mol. The van der Waals surface area contributed by atoms with Crippen molar-refractivity contribution in [3.8, 4) is 5.75 Å². The molecule has 1 atom stereocenters. The topological polar surface area (TPSA) is 49.8 Å². The van der Waals surface area contributed by atoms with Gasteiger partial charge in [-0.2, -0.15) is 0 Å². The van der Waals surface area contributed by atoms with E-state index in [2.05, 4.69) is 4.90 Å². The van der Waals surface area contributed by atoms with Crippen molar-refractivity contribution in [1.82, 2.24) is 4.90 Å². The lowest BCUT2D eigenvalue weighted by Crippen LogP contribution is -2.34. The van der Waals surface area contributed by atoms with Gasteiger partial charge in [-0.15, -0.1) is 0 Å². The summed E-state index contributed by atoms with van der Waals surface area (Å²) >= 11 is 0. The molecule has 1 aliphatic rings. The van der Waals surface area contributed by atoms with Crippen molar-refractivity contribution in [3.63, 3.8) is 0 Å². The van der Waals surface area contributed by atoms with Crippen LogP contribution in [-0.2, 0) is 0 Å². The number of aliphatic hydroxyl groups is 1. The van der Waals surface area contributed by atoms with Crippen LogP contribution in [0.2, 0.25) is 0 Å². The van der Waals surface area contributed by atoms with Crippen molar-refractivity contribution in [3.05, 3.63) is 29.6 Å². The molecule has 1 heterocycles. The Morgan fingerprint density at radius 1 is 1.55 bits per heavy atom. The molecule has 1 fully saturated rings. The van der Waals surface area contributed by atoms with E-state index in [1.165, 1.54) is 19.2 Å². The van der Waals surface area contributed by atoms with Crippen LogP contribution in [0, 0.1) is 5.82 Å². The number of aliphatic hydroxyl groups excluding tert-OH is 1. The van der Waals surface area contributed by atoms with E-state index in [1.807, 2.05) is 0 Å². The number of carbonyl (C=O) groups is 1. The van der Waals surface area contributed by atoms with Crippen molar-refractivity contribution in [2.45, 2.75) is 25.3 Å². The van der Waals surface area contributed by atoms with Gasteiger partial charge in [-0.25, -0.2) is 4.39 Å². The molecule has 1 aromatic carbocycles. The molecule has 2 rings (SSSR count). The smallest absolute Gasteiger partial charge is 0.170 e. The minimum Gasteiger partial charge on any atom is -0.496 e. The first-order chi connectivity index (χ1) is 9.67. The first-order valence-corrected chi connectivity index (χ1v) is 6.88. The van der Waals surface area contributed by atoms with Gasteiger partial charge in [0.1, 0.15) is 11.6 Å². The Labute approximate surface area is 118 Å². The Balaban J connectivity index is 2.02. The number of nitrogens with zero attached hydrogens (tertiary/aromatic N) is 1. The van der Waals surface area contributed by atoms with E-state index >= 15 is 0 Å². The molecule has 0 bridgehead atoms. The van der Waals surface area contributed by atoms with Gasteiger partial charge in [0, 0.05) is 19.0 Å². The van der Waals surface area contributed by atoms with Gasteiger partial charge in [0.25, 0.3) is 0 Å². The predicted octanol–water partition coefficient (Wildman–Crippen LogP) is 1.86. The summed E-state index contributed by atoms with van der Waals surface area (Å²) in [5.41, 5.74) is 0.0229. The van der Waals surface area contributed by atoms with E-state index in [0.29, 0.717) is 6.54 Å². The molecule has 1 aromatic rings. The van der Waals surface area contributed by atoms with Gasteiger partial charge >= 0.3 is 0 Å². The maximum absolute atomic E-state index is 13.8. The van der Waals surface area contributed by atoms with E-state index in [-0.39, 0.29) is 36.2 Å². The number of ketones is 1. The van der Waals surface area contributed by atoms with Gasteiger partial charge < -0.3 is 9.84 Å². The van der Waals surface area contributed by atoms with E-state index in [4.69, 9.17) is 4.74 Å². The number of Topliss-reactive ketones (excluding diaryl/α,β-unsaturated/α-hetero) is 1. The van der Waals surface area contributed by atoms with Crippen LogP contribution in [-0.4, -0.2) is 48.6 Å². The molecule has 0 aromatic heterocycles. The van der Waals surface area contributed by atoms with Gasteiger partial charge in [0.2, 0.25) is 0 Å². The number of halogens is 1. The molecule has 1 unspecified atom stereocenters. The minimum atomic E-state index is -0.547. The highest BCUT2D eigenvalue weighted by Crippen LogP contribution is 2.24. The zero-order chi connectivity index (χ0) is 14.5. The number of carbonyl (C=O) groups excluding carboxylic acids is 1. The SMILES string of the molecule is COc1cccc(F)c1C(=O)CCN1CCCC1CO. The van der Waals surface area contributed by atoms with Gasteiger partial charge in [0.05, 0.1) is 19.3 Å². The van der Waals surface area contributed by atoms with Crippen molar-refractivity contribution in [2.75, 3.05) is 26.8 Å². The molecule has 1 saturated heterocycles. The Kier molecular flexibility index (Phi) is 5.09. The zero-order valence-electron chi connectivity index (χ0n) is 11.6. The Morgan fingerprint density at radius 3 is 3.05 bits per heavy atom. The Hall–Kier alpha value is -1.46. The number of rotatable bonds is 6. The first kappa shape index (κ1) is 14.9. The van der Waals surface area contributed by atoms with E-state index in [0.717, 1.165) is 19.4 Å². The summed E-state index contributed by atoms with van der Waals surface area (Å²) in [5.74, 6) is -0.534. The van der Waals surface area contributed by atoms with Crippen LogP contribution in [0.1, 0.15) is 29.6 Å². The third kappa shape index (κ3) is 3.16. The molecule has 1 N–H and O–H groups in total. The van der Waals surface area contributed by atoms with Gasteiger partial charge in [-0.05, 0) is 31.5 Å². The van der Waals surface area contributed by atoms with Crippen LogP contribution in [0.15, 0.2) is 18.2 Å². The Bertz CT molecular complexity index is 478. The molecule has 1 aliphatic heterocycles. The summed E-state index contributed by atoms with van der Waals surface area (Å²) in [4.78, 5) is 14.3. The highest BCUT2D eigenvalue weighted by molar-refractivity contribution is 5.99. The lowest BCUT2D eigenvalue weighted by Gasteiger charge is -2.22. The van der Waals surface area contributed by atoms with Crippen molar-refractivity contribution < 1.29 is 19.0 Å². The molecule has 0 amide bonds. The minimum absolute atomic E-state index is 0.0229. The largest absolute Gasteiger partial charge is 0.496 e. The van der Waals surface area contributed by atoms with Gasteiger partial charge in [-0.3, -0.25) is 9.69 Å². The van der Waals surface area contributed by atoms with E-state index in [9.17, 15) is 14.3 Å². The molecule has 0 spiro atoms. The molecule has 0 aliphatic carbocycles. The second kappa shape index (κ2) is 6.81. The molecule has 4 nitrogen and oxygen atoms in total. The maximum Gasteiger partial charge on any atom is 0.170 e. The van der Waals surface area contributed by atoms with Crippen LogP contribution in [0.25, 0.3) is 0 Å². The summed E-state index contributed by atoms with van der Waals surface area (Å²) in [6, 6.07) is 4.50. The highest BCUT2D eigenvalue weighted by atomic mass is 19.1. The average Bonchev–Trinajstić information content (AvgIpc) is 2.91. The summed E-state index contributed by atoms with van der Waals surface area (Å²) < 4.78 is 18.8.